The van der Waals surface area contributed by atoms with E-state index >= 15 is 0 Å². The van der Waals surface area contributed by atoms with Crippen molar-refractivity contribution in [2.45, 2.75) is 43.7 Å². The fourth-order valence-corrected chi connectivity index (χ4v) is 6.80. The van der Waals surface area contributed by atoms with Crippen molar-refractivity contribution in [2.75, 3.05) is 12.3 Å². The number of benzene rings is 3. The number of rotatable bonds is 12. The van der Waals surface area contributed by atoms with Gasteiger partial charge in [-0.3, -0.25) is 4.79 Å². The number of anilines is 1. The lowest BCUT2D eigenvalue weighted by Crippen LogP contribution is -2.51. The fraction of sp³-hybridized carbons (Fsp3) is 0.250. The van der Waals surface area contributed by atoms with E-state index in [9.17, 15) is 4.79 Å². The molecule has 1 aliphatic rings. The van der Waals surface area contributed by atoms with Gasteiger partial charge in [0.25, 0.3) is 0 Å². The van der Waals surface area contributed by atoms with Gasteiger partial charge in [0, 0.05) is 35.7 Å². The zero-order valence-electron chi connectivity index (χ0n) is 24.7. The van der Waals surface area contributed by atoms with Crippen molar-refractivity contribution in [3.63, 3.8) is 0 Å². The number of hydrogen-bond donors (Lipinski definition) is 1. The Hall–Kier alpha value is -2.74. The van der Waals surface area contributed by atoms with Gasteiger partial charge in [-0.2, -0.15) is 9.61 Å². The van der Waals surface area contributed by atoms with E-state index in [1.54, 1.807) is 54.6 Å². The number of nitrogen functional groups attached to an aromatic ring is 1. The molecule has 0 saturated carbocycles. The van der Waals surface area contributed by atoms with Crippen LogP contribution in [0.15, 0.2) is 67.1 Å². The van der Waals surface area contributed by atoms with E-state index in [1.165, 1.54) is 17.0 Å². The first kappa shape index (κ1) is 35.1. The summed E-state index contributed by atoms with van der Waals surface area (Å²) >= 11 is 37.7. The van der Waals surface area contributed by atoms with E-state index in [-0.39, 0.29) is 32.4 Å². The maximum absolute atomic E-state index is 13.5. The Balaban J connectivity index is 1.39. The molecule has 1 fully saturated rings. The lowest BCUT2D eigenvalue weighted by atomic mass is 9.88. The first-order valence-corrected chi connectivity index (χ1v) is 16.6. The van der Waals surface area contributed by atoms with E-state index in [2.05, 4.69) is 15.1 Å². The predicted octanol–water partition coefficient (Wildman–Crippen LogP) is 8.02. The molecule has 48 heavy (non-hydrogen) atoms. The van der Waals surface area contributed by atoms with Crippen LogP contribution in [-0.4, -0.2) is 50.3 Å². The molecule has 5 aromatic rings. The van der Waals surface area contributed by atoms with Crippen molar-refractivity contribution in [3.8, 4) is 0 Å². The summed E-state index contributed by atoms with van der Waals surface area (Å²) in [4.78, 5) is 21.9. The van der Waals surface area contributed by atoms with E-state index < -0.39 is 23.9 Å². The highest BCUT2D eigenvalue weighted by atomic mass is 35.5. The van der Waals surface area contributed by atoms with Crippen molar-refractivity contribution in [1.29, 1.82) is 0 Å². The maximum Gasteiger partial charge on any atom is 0.224 e. The molecule has 0 aliphatic carbocycles. The quantitative estimate of drug-likeness (QED) is 0.126. The molecule has 0 amide bonds. The predicted molar refractivity (Wildman–Crippen MR) is 184 cm³/mol. The van der Waals surface area contributed by atoms with E-state index in [4.69, 9.17) is 94.3 Å². The van der Waals surface area contributed by atoms with Crippen molar-refractivity contribution >= 4 is 87.5 Å². The number of aromatic nitrogens is 4. The van der Waals surface area contributed by atoms with E-state index in [0.29, 0.717) is 64.3 Å². The monoisotopic (exact) mass is 769 g/mol. The number of nitrogens with two attached hydrogens (primary N) is 1. The minimum Gasteiger partial charge on any atom is -0.374 e. The summed E-state index contributed by atoms with van der Waals surface area (Å²) in [6.45, 7) is -0.0568. The number of fused-ring (bicyclic) bond motifs is 1. The van der Waals surface area contributed by atoms with Crippen molar-refractivity contribution in [3.05, 3.63) is 120 Å². The second kappa shape index (κ2) is 15.0. The van der Waals surface area contributed by atoms with Gasteiger partial charge in [-0.25, -0.2) is 9.97 Å². The number of carbonyl (C=O) groups is 1. The molecule has 16 heteroatoms. The number of nitrogens with zero attached hydrogens (tertiary/aromatic N) is 4. The largest absolute Gasteiger partial charge is 0.374 e. The van der Waals surface area contributed by atoms with Gasteiger partial charge in [-0.05, 0) is 53.1 Å². The maximum atomic E-state index is 13.5. The molecule has 10 nitrogen and oxygen atoms in total. The molecule has 3 heterocycles. The molecule has 1 aliphatic heterocycles. The number of carbonyl (C=O) groups excluding carboxylic acids is 1. The summed E-state index contributed by atoms with van der Waals surface area (Å²) in [6.07, 6.45) is 0.395. The molecule has 3 aromatic carbocycles. The van der Waals surface area contributed by atoms with Gasteiger partial charge in [-0.15, -0.1) is 0 Å². The van der Waals surface area contributed by atoms with Crippen LogP contribution in [-0.2, 0) is 43.6 Å². The van der Waals surface area contributed by atoms with Crippen LogP contribution >= 0.6 is 69.6 Å². The van der Waals surface area contributed by atoms with Gasteiger partial charge < -0.3 is 24.7 Å². The van der Waals surface area contributed by atoms with Crippen LogP contribution in [0.3, 0.4) is 0 Å². The molecule has 0 spiro atoms. The summed E-state index contributed by atoms with van der Waals surface area (Å²) in [5, 5.41) is 6.90. The molecule has 0 radical (unpaired) electrons. The zero-order chi connectivity index (χ0) is 34.0. The molecule has 1 unspecified atom stereocenters. The minimum atomic E-state index is -1.79. The summed E-state index contributed by atoms with van der Waals surface area (Å²) in [7, 11) is 0. The number of hydrogen-bond acceptors (Lipinski definition) is 9. The van der Waals surface area contributed by atoms with Gasteiger partial charge in [-0.1, -0.05) is 87.8 Å². The summed E-state index contributed by atoms with van der Waals surface area (Å²) < 4.78 is 27.1. The molecule has 0 bridgehead atoms. The Morgan fingerprint density at radius 3 is 2.00 bits per heavy atom. The first-order valence-electron chi connectivity index (χ1n) is 14.3. The SMILES string of the molecule is Nc1ncnc2c(C3O[C@H](COCc4ccc(Cl)cc4Cl)[C@@H](OCc4ccc(Cl)cc4Cl)[C@@]3(C=O)OCc3ccc(Cl)cc3Cl)cnn12. The molecule has 250 valence electrons. The number of aldehydes is 1. The number of ether oxygens (including phenoxy) is 4. The van der Waals surface area contributed by atoms with E-state index in [1.807, 2.05) is 0 Å². The van der Waals surface area contributed by atoms with Crippen LogP contribution in [0, 0.1) is 0 Å². The van der Waals surface area contributed by atoms with Crippen LogP contribution in [0.4, 0.5) is 5.95 Å². The highest BCUT2D eigenvalue weighted by molar-refractivity contribution is 6.36. The average Bonchev–Trinajstić information content (AvgIpc) is 3.61. The van der Waals surface area contributed by atoms with Gasteiger partial charge >= 0.3 is 0 Å². The van der Waals surface area contributed by atoms with Gasteiger partial charge in [0.1, 0.15) is 24.6 Å². The summed E-state index contributed by atoms with van der Waals surface area (Å²) in [5.41, 5.74) is 6.87. The normalized spacial score (nSPS) is 20.8. The summed E-state index contributed by atoms with van der Waals surface area (Å²) in [5.74, 6) is 0.0831. The molecular formula is C32H25Cl6N5O5. The lowest BCUT2D eigenvalue weighted by Gasteiger charge is -2.34. The molecule has 2 aromatic heterocycles. The topological polar surface area (TPSA) is 123 Å². The lowest BCUT2D eigenvalue weighted by molar-refractivity contribution is -0.165. The zero-order valence-corrected chi connectivity index (χ0v) is 29.2. The standard InChI is InChI=1S/C32H25Cl6N5O5/c33-20-4-1-17(24(36)7-20)11-45-14-27-29(46-12-18-2-5-21(34)8-25(18)37)32(15-44,47-13-19-3-6-22(35)9-26(19)38)28(48-27)23-10-42-43-30(23)40-16-41-31(43)39/h1-10,15-16,27-29H,11-14H2,(H2,39,40,41)/t27-,28?,29-,32+/m1/s1. The molecule has 2 N–H and O–H groups in total. The van der Waals surface area contributed by atoms with Gasteiger partial charge in [0.15, 0.2) is 17.5 Å². The van der Waals surface area contributed by atoms with Crippen LogP contribution in [0.2, 0.25) is 30.1 Å². The van der Waals surface area contributed by atoms with Crippen molar-refractivity contribution in [1.82, 2.24) is 19.6 Å². The third-order valence-electron chi connectivity index (χ3n) is 7.81. The second-order valence-electron chi connectivity index (χ2n) is 10.8. The third kappa shape index (κ3) is 7.25. The summed E-state index contributed by atoms with van der Waals surface area (Å²) in [6, 6.07) is 15.1. The van der Waals surface area contributed by atoms with Crippen molar-refractivity contribution < 1.29 is 23.7 Å². The van der Waals surface area contributed by atoms with Crippen LogP contribution in [0.25, 0.3) is 5.65 Å². The van der Waals surface area contributed by atoms with Crippen LogP contribution in [0.1, 0.15) is 28.4 Å². The van der Waals surface area contributed by atoms with Crippen LogP contribution < -0.4 is 5.73 Å². The Labute approximate surface area is 304 Å². The average molecular weight is 772 g/mol. The molecular weight excluding hydrogens is 747 g/mol. The minimum absolute atomic E-state index is 0.0270. The smallest absolute Gasteiger partial charge is 0.224 e. The Kier molecular flexibility index (Phi) is 11.0. The third-order valence-corrected chi connectivity index (χ3v) is 9.57. The Morgan fingerprint density at radius 2 is 1.42 bits per heavy atom. The van der Waals surface area contributed by atoms with Crippen LogP contribution in [0.5, 0.6) is 0 Å². The molecule has 1 saturated heterocycles. The second-order valence-corrected chi connectivity index (χ2v) is 13.4. The van der Waals surface area contributed by atoms with Crippen molar-refractivity contribution in [2.24, 2.45) is 0 Å². The fourth-order valence-electron chi connectivity index (χ4n) is 5.41. The van der Waals surface area contributed by atoms with Gasteiger partial charge in [0.05, 0.1) is 32.6 Å². The first-order chi connectivity index (χ1) is 23.1. The Bertz CT molecular complexity index is 1960. The highest BCUT2D eigenvalue weighted by Gasteiger charge is 2.60. The highest BCUT2D eigenvalue weighted by Crippen LogP contribution is 2.47. The van der Waals surface area contributed by atoms with E-state index in [0.717, 1.165) is 0 Å². The molecule has 6 rings (SSSR count). The Morgan fingerprint density at radius 1 is 0.833 bits per heavy atom. The molecule has 4 atom stereocenters. The number of halogens is 6. The van der Waals surface area contributed by atoms with Gasteiger partial charge in [0.2, 0.25) is 5.95 Å².